The average Bonchev–Trinajstić information content (AvgIpc) is 3.53. The predicted molar refractivity (Wildman–Crippen MR) is 216 cm³/mol. The van der Waals surface area contributed by atoms with Gasteiger partial charge in [0.15, 0.2) is 5.78 Å². The number of carboxylic acids is 1. The van der Waals surface area contributed by atoms with E-state index in [2.05, 4.69) is 73.7 Å². The average molecular weight is 770 g/mol. The molecule has 9 unspecified atom stereocenters. The van der Waals surface area contributed by atoms with Crippen LogP contribution < -0.4 is 5.32 Å². The Morgan fingerprint density at radius 2 is 1.62 bits per heavy atom. The van der Waals surface area contributed by atoms with E-state index in [1.807, 2.05) is 49.4 Å². The highest BCUT2D eigenvalue weighted by atomic mass is 32.2. The number of anilines is 1. The van der Waals surface area contributed by atoms with Gasteiger partial charge in [-0.05, 0) is 140 Å². The molecule has 4 N–H and O–H groups in total. The number of nitrogens with zero attached hydrogens (tertiary/aromatic N) is 1. The summed E-state index contributed by atoms with van der Waals surface area (Å²) in [6.07, 6.45) is 9.40. The lowest BCUT2D eigenvalue weighted by molar-refractivity contribution is -0.202. The topological polar surface area (TPSA) is 142 Å². The molecule has 10 heteroatoms. The number of ether oxygens (including phenoxy) is 1. The molecule has 0 spiro atoms. The molecule has 0 aliphatic heterocycles. The summed E-state index contributed by atoms with van der Waals surface area (Å²) in [6, 6.07) is 16.1. The second-order valence-electron chi connectivity index (χ2n) is 19.2. The quantitative estimate of drug-likeness (QED) is 0.206. The highest BCUT2D eigenvalue weighted by molar-refractivity contribution is 7.99. The first-order chi connectivity index (χ1) is 25.8. The van der Waals surface area contributed by atoms with Crippen molar-refractivity contribution < 1.29 is 29.3 Å². The minimum atomic E-state index is -0.711. The smallest absolute Gasteiger partial charge is 0.413 e. The van der Waals surface area contributed by atoms with Crippen molar-refractivity contribution in [2.45, 2.75) is 122 Å². The fourth-order valence-electron chi connectivity index (χ4n) is 12.2. The highest BCUT2D eigenvalue weighted by Gasteiger charge is 2.70. The van der Waals surface area contributed by atoms with E-state index in [-0.39, 0.29) is 50.8 Å². The Morgan fingerprint density at radius 1 is 0.909 bits per heavy atom. The second kappa shape index (κ2) is 13.8. The SMILES string of the molecule is CC1(C(=O)O)CCC2(C)CCC3(C)C(=CC(=O)C4C5(C)CCC(O)C(C)(C)C5CCC43C)C2C1.COC(=O)Nc1nc2ccc(Sc3ccccc3)cc2[nH]1. The number of aromatic nitrogens is 2. The number of aliphatic carboxylic acids is 1. The molecule has 3 aromatic rings. The number of carboxylic acid groups (broad SMARTS) is 1. The van der Waals surface area contributed by atoms with Crippen LogP contribution in [-0.2, 0) is 14.3 Å². The number of imidazole rings is 1. The molecule has 0 saturated heterocycles. The van der Waals surface area contributed by atoms with Crippen molar-refractivity contribution in [3.8, 4) is 0 Å². The Morgan fingerprint density at radius 3 is 2.31 bits per heavy atom. The third-order valence-electron chi connectivity index (χ3n) is 15.9. The fourth-order valence-corrected chi connectivity index (χ4v) is 13.1. The van der Waals surface area contributed by atoms with Gasteiger partial charge < -0.3 is 19.9 Å². The molecule has 9 atom stereocenters. The van der Waals surface area contributed by atoms with Crippen LogP contribution >= 0.6 is 11.8 Å². The first kappa shape index (κ1) is 39.6. The van der Waals surface area contributed by atoms with E-state index >= 15 is 0 Å². The summed E-state index contributed by atoms with van der Waals surface area (Å²) in [5.74, 6) is 0.434. The number of aliphatic hydroxyl groups is 1. The molecule has 5 aliphatic carbocycles. The van der Waals surface area contributed by atoms with Crippen molar-refractivity contribution in [1.82, 2.24) is 9.97 Å². The molecule has 1 heterocycles. The number of fused-ring (bicyclic) bond motifs is 8. The Bertz CT molecular complexity index is 2030. The summed E-state index contributed by atoms with van der Waals surface area (Å²) in [7, 11) is 1.31. The number of ketones is 1. The monoisotopic (exact) mass is 769 g/mol. The third kappa shape index (κ3) is 6.43. The summed E-state index contributed by atoms with van der Waals surface area (Å²) >= 11 is 1.67. The van der Waals surface area contributed by atoms with Crippen LogP contribution in [0.2, 0.25) is 0 Å². The van der Waals surface area contributed by atoms with E-state index < -0.39 is 17.5 Å². The van der Waals surface area contributed by atoms with E-state index in [1.165, 1.54) is 17.6 Å². The maximum atomic E-state index is 14.2. The zero-order valence-electron chi connectivity index (χ0n) is 33.8. The number of nitrogens with one attached hydrogen (secondary N) is 2. The third-order valence-corrected chi connectivity index (χ3v) is 16.9. The molecule has 5 aliphatic rings. The summed E-state index contributed by atoms with van der Waals surface area (Å²) in [5.41, 5.74) is 1.80. The number of aromatic amines is 1. The van der Waals surface area contributed by atoms with Crippen LogP contribution in [0.1, 0.15) is 106 Å². The van der Waals surface area contributed by atoms with Crippen molar-refractivity contribution in [1.29, 1.82) is 0 Å². The van der Waals surface area contributed by atoms with Gasteiger partial charge in [0.1, 0.15) is 0 Å². The van der Waals surface area contributed by atoms with E-state index in [9.17, 15) is 24.6 Å². The fraction of sp³-hybridized carbons (Fsp3) is 0.600. The number of benzene rings is 2. The zero-order valence-corrected chi connectivity index (χ0v) is 34.6. The normalized spacial score (nSPS) is 37.5. The number of methoxy groups -OCH3 is 1. The molecule has 1 amide bonds. The Kier molecular flexibility index (Phi) is 9.93. The minimum Gasteiger partial charge on any atom is -0.481 e. The van der Waals surface area contributed by atoms with Gasteiger partial charge in [0.25, 0.3) is 0 Å². The molecular formula is C45H59N3O6S. The molecule has 2 aromatic carbocycles. The predicted octanol–water partition coefficient (Wildman–Crippen LogP) is 10.3. The Hall–Kier alpha value is -3.63. The first-order valence-corrected chi connectivity index (χ1v) is 20.9. The summed E-state index contributed by atoms with van der Waals surface area (Å²) in [4.78, 5) is 47.2. The number of carbonyl (C=O) groups is 3. The molecule has 55 heavy (non-hydrogen) atoms. The van der Waals surface area contributed by atoms with Crippen LogP contribution in [0.4, 0.5) is 10.7 Å². The van der Waals surface area contributed by atoms with Gasteiger partial charge in [-0.2, -0.15) is 0 Å². The Balaban J connectivity index is 0.000000190. The molecule has 0 bridgehead atoms. The number of amides is 1. The van der Waals surface area contributed by atoms with Crippen molar-refractivity contribution in [3.63, 3.8) is 0 Å². The highest BCUT2D eigenvalue weighted by Crippen LogP contribution is 2.75. The number of aliphatic hydroxyl groups excluding tert-OH is 1. The van der Waals surface area contributed by atoms with Gasteiger partial charge in [0, 0.05) is 15.7 Å². The lowest BCUT2D eigenvalue weighted by Gasteiger charge is -2.70. The number of H-pyrrole nitrogens is 1. The summed E-state index contributed by atoms with van der Waals surface area (Å²) in [6.45, 7) is 15.8. The van der Waals surface area contributed by atoms with Gasteiger partial charge in [-0.3, -0.25) is 14.9 Å². The van der Waals surface area contributed by atoms with Crippen LogP contribution in [0.3, 0.4) is 0 Å². The van der Waals surface area contributed by atoms with Crippen LogP contribution in [0, 0.1) is 50.2 Å². The first-order valence-electron chi connectivity index (χ1n) is 20.0. The standard InChI is InChI=1S/C30H46O4.C15H13N3O2S/c1-25(2)21-8-11-30(7)23(28(21,5)10-9-22(25)32)20(31)16-18-19-17-27(4,24(33)34)13-12-26(19,3)14-15-29(18,30)6;1-20-15(19)18-14-16-12-8-7-11(9-13(12)17-14)21-10-5-3-2-4-6-10/h16,19,21-23,32H,8-15,17H2,1-7H3,(H,33,34);2-9H,1H3,(H2,16,17,18,19). The van der Waals surface area contributed by atoms with Gasteiger partial charge in [-0.1, -0.05) is 77.1 Å². The van der Waals surface area contributed by atoms with Crippen molar-refractivity contribution in [2.24, 2.45) is 50.2 Å². The number of hydrogen-bond acceptors (Lipinski definition) is 7. The van der Waals surface area contributed by atoms with Crippen molar-refractivity contribution in [2.75, 3.05) is 12.4 Å². The van der Waals surface area contributed by atoms with Gasteiger partial charge in [0.05, 0.1) is 29.7 Å². The van der Waals surface area contributed by atoms with Gasteiger partial charge in [-0.15, -0.1) is 0 Å². The lowest BCUT2D eigenvalue weighted by Crippen LogP contribution is -2.66. The summed E-state index contributed by atoms with van der Waals surface area (Å²) in [5, 5.41) is 23.4. The van der Waals surface area contributed by atoms with Crippen molar-refractivity contribution in [3.05, 3.63) is 60.2 Å². The number of hydrogen-bond donors (Lipinski definition) is 4. The molecule has 296 valence electrons. The van der Waals surface area contributed by atoms with Crippen LogP contribution in [0.5, 0.6) is 0 Å². The van der Waals surface area contributed by atoms with Gasteiger partial charge >= 0.3 is 12.1 Å². The molecule has 0 radical (unpaired) electrons. The largest absolute Gasteiger partial charge is 0.481 e. The van der Waals surface area contributed by atoms with Gasteiger partial charge in [-0.25, -0.2) is 9.78 Å². The van der Waals surface area contributed by atoms with Crippen LogP contribution in [-0.4, -0.2) is 51.2 Å². The van der Waals surface area contributed by atoms with Crippen LogP contribution in [0.25, 0.3) is 11.0 Å². The molecular weight excluding hydrogens is 711 g/mol. The number of rotatable bonds is 4. The molecule has 1 aromatic heterocycles. The summed E-state index contributed by atoms with van der Waals surface area (Å²) < 4.78 is 4.54. The Labute approximate surface area is 329 Å². The zero-order chi connectivity index (χ0) is 39.8. The maximum Gasteiger partial charge on any atom is 0.413 e. The van der Waals surface area contributed by atoms with E-state index in [1.54, 1.807) is 11.8 Å². The maximum absolute atomic E-state index is 14.2. The minimum absolute atomic E-state index is 0.0296. The number of carbonyl (C=O) groups excluding carboxylic acids is 2. The molecule has 9 nitrogen and oxygen atoms in total. The molecule has 4 saturated carbocycles. The molecule has 4 fully saturated rings. The van der Waals surface area contributed by atoms with Gasteiger partial charge in [0.2, 0.25) is 5.95 Å². The van der Waals surface area contributed by atoms with E-state index in [4.69, 9.17) is 0 Å². The van der Waals surface area contributed by atoms with E-state index in [0.717, 1.165) is 67.3 Å². The van der Waals surface area contributed by atoms with Crippen molar-refractivity contribution >= 4 is 46.6 Å². The lowest BCUT2D eigenvalue weighted by atomic mass is 9.33. The van der Waals surface area contributed by atoms with E-state index in [0.29, 0.717) is 18.3 Å². The second-order valence-corrected chi connectivity index (χ2v) is 20.4. The number of allylic oxidation sites excluding steroid dienone is 2. The van der Waals surface area contributed by atoms with Crippen LogP contribution in [0.15, 0.2) is 70.0 Å². The molecule has 8 rings (SSSR count).